The fourth-order valence-electron chi connectivity index (χ4n) is 2.88. The summed E-state index contributed by atoms with van der Waals surface area (Å²) in [7, 11) is 0. The number of aryl methyl sites for hydroxylation is 3. The van der Waals surface area contributed by atoms with Crippen LogP contribution >= 0.6 is 11.3 Å². The first-order valence-corrected chi connectivity index (χ1v) is 9.10. The van der Waals surface area contributed by atoms with Gasteiger partial charge in [0.05, 0.1) is 22.2 Å². The highest BCUT2D eigenvalue weighted by Gasteiger charge is 2.24. The molecule has 3 rings (SSSR count). The molecule has 0 bridgehead atoms. The highest BCUT2D eigenvalue weighted by atomic mass is 32.1. The van der Waals surface area contributed by atoms with E-state index in [0.717, 1.165) is 5.56 Å². The molecule has 27 heavy (non-hydrogen) atoms. The molecule has 1 amide bonds. The molecule has 140 valence electrons. The maximum atomic E-state index is 12.5. The topological polar surface area (TPSA) is 111 Å². The van der Waals surface area contributed by atoms with Gasteiger partial charge in [-0.05, 0) is 27.7 Å². The fourth-order valence-corrected chi connectivity index (χ4v) is 3.60. The third kappa shape index (κ3) is 3.72. The molecule has 8 nitrogen and oxygen atoms in total. The van der Waals surface area contributed by atoms with Gasteiger partial charge >= 0.3 is 0 Å². The zero-order chi connectivity index (χ0) is 19.7. The number of nitrogens with zero attached hydrogens (tertiary/aromatic N) is 3. The van der Waals surface area contributed by atoms with E-state index >= 15 is 0 Å². The minimum atomic E-state index is -0.441. The molecule has 1 aromatic carbocycles. The maximum Gasteiger partial charge on any atom is 0.272 e. The number of benzene rings is 1. The van der Waals surface area contributed by atoms with Crippen LogP contribution in [0.25, 0.3) is 11.3 Å². The molecule has 0 aliphatic heterocycles. The van der Waals surface area contributed by atoms with Crippen molar-refractivity contribution in [3.63, 3.8) is 0 Å². The summed E-state index contributed by atoms with van der Waals surface area (Å²) in [5.74, 6) is -0.0498. The number of thiazole rings is 1. The Morgan fingerprint density at radius 3 is 2.70 bits per heavy atom. The molecule has 2 heterocycles. The van der Waals surface area contributed by atoms with Crippen LogP contribution < -0.4 is 5.32 Å². The lowest BCUT2D eigenvalue weighted by molar-refractivity contribution is -0.385. The van der Waals surface area contributed by atoms with Gasteiger partial charge in [0.2, 0.25) is 5.91 Å². The normalized spacial score (nSPS) is 12.0. The summed E-state index contributed by atoms with van der Waals surface area (Å²) in [6.45, 7) is 7.02. The molecule has 1 atom stereocenters. The first kappa shape index (κ1) is 18.7. The summed E-state index contributed by atoms with van der Waals surface area (Å²) >= 11 is 1.26. The van der Waals surface area contributed by atoms with Gasteiger partial charge in [-0.1, -0.05) is 17.3 Å². The molecule has 2 aromatic heterocycles. The number of nitro benzene ring substituents is 1. The van der Waals surface area contributed by atoms with Gasteiger partial charge < -0.3 is 9.84 Å². The van der Waals surface area contributed by atoms with Crippen molar-refractivity contribution in [1.82, 2.24) is 10.1 Å². The van der Waals surface area contributed by atoms with Gasteiger partial charge in [-0.2, -0.15) is 0 Å². The van der Waals surface area contributed by atoms with Crippen molar-refractivity contribution in [3.8, 4) is 11.3 Å². The summed E-state index contributed by atoms with van der Waals surface area (Å²) in [6, 6.07) is 4.95. The second kappa shape index (κ2) is 7.28. The van der Waals surface area contributed by atoms with Crippen molar-refractivity contribution in [1.29, 1.82) is 0 Å². The average Bonchev–Trinajstić information content (AvgIpc) is 3.21. The third-order valence-electron chi connectivity index (χ3n) is 4.35. The summed E-state index contributed by atoms with van der Waals surface area (Å²) in [5, 5.41) is 20.0. The van der Waals surface area contributed by atoms with Gasteiger partial charge in [0.1, 0.15) is 5.76 Å². The standard InChI is InChI=1S/C18H18N4O4S/c1-9-5-6-13(7-15(9)22(24)25)14-8-27-18(19-14)20-17(23)10(2)16-11(3)21-26-12(16)4/h5-8,10H,1-4H3,(H,19,20,23). The Hall–Kier alpha value is -3.07. The molecule has 0 spiro atoms. The first-order valence-electron chi connectivity index (χ1n) is 8.22. The van der Waals surface area contributed by atoms with Crippen molar-refractivity contribution in [2.75, 3.05) is 5.32 Å². The van der Waals surface area contributed by atoms with E-state index in [9.17, 15) is 14.9 Å². The molecule has 1 N–H and O–H groups in total. The molecule has 9 heteroatoms. The molecule has 0 radical (unpaired) electrons. The maximum absolute atomic E-state index is 12.5. The number of anilines is 1. The van der Waals surface area contributed by atoms with Gasteiger partial charge in [0, 0.05) is 28.1 Å². The number of aromatic nitrogens is 2. The van der Waals surface area contributed by atoms with E-state index in [1.165, 1.54) is 17.4 Å². The Balaban J connectivity index is 1.79. The quantitative estimate of drug-likeness (QED) is 0.515. The third-order valence-corrected chi connectivity index (χ3v) is 5.11. The van der Waals surface area contributed by atoms with Crippen molar-refractivity contribution in [2.24, 2.45) is 0 Å². The molecule has 0 saturated heterocycles. The Morgan fingerprint density at radius 1 is 1.33 bits per heavy atom. The fraction of sp³-hybridized carbons (Fsp3) is 0.278. The average molecular weight is 386 g/mol. The number of carbonyl (C=O) groups excluding carboxylic acids is 1. The highest BCUT2D eigenvalue weighted by molar-refractivity contribution is 7.14. The number of hydrogen-bond donors (Lipinski definition) is 1. The van der Waals surface area contributed by atoms with Gasteiger partial charge in [-0.3, -0.25) is 14.9 Å². The Kier molecular flexibility index (Phi) is 5.04. The summed E-state index contributed by atoms with van der Waals surface area (Å²) in [6.07, 6.45) is 0. The number of hydrogen-bond acceptors (Lipinski definition) is 7. The predicted octanol–water partition coefficient (Wildman–Crippen LogP) is 4.37. The van der Waals surface area contributed by atoms with Gasteiger partial charge in [0.15, 0.2) is 5.13 Å². The molecule has 0 saturated carbocycles. The lowest BCUT2D eigenvalue weighted by Crippen LogP contribution is -2.19. The highest BCUT2D eigenvalue weighted by Crippen LogP contribution is 2.30. The second-order valence-corrected chi connectivity index (χ2v) is 7.10. The minimum absolute atomic E-state index is 0.0399. The van der Waals surface area contributed by atoms with Gasteiger partial charge in [0.25, 0.3) is 5.69 Å². The van der Waals surface area contributed by atoms with Crippen LogP contribution in [0.4, 0.5) is 10.8 Å². The van der Waals surface area contributed by atoms with Crippen LogP contribution in [0.15, 0.2) is 28.1 Å². The van der Waals surface area contributed by atoms with Crippen molar-refractivity contribution < 1.29 is 14.2 Å². The van der Waals surface area contributed by atoms with Gasteiger partial charge in [-0.15, -0.1) is 11.3 Å². The minimum Gasteiger partial charge on any atom is -0.361 e. The molecular formula is C18H18N4O4S. The van der Waals surface area contributed by atoms with Crippen LogP contribution in [0, 0.1) is 30.9 Å². The van der Waals surface area contributed by atoms with Crippen LogP contribution in [0.1, 0.15) is 35.4 Å². The van der Waals surface area contributed by atoms with Crippen molar-refractivity contribution in [3.05, 3.63) is 56.3 Å². The first-order chi connectivity index (χ1) is 12.8. The van der Waals surface area contributed by atoms with E-state index in [0.29, 0.717) is 33.4 Å². The SMILES string of the molecule is Cc1ccc(-c2csc(NC(=O)C(C)c3c(C)noc3C)n2)cc1[N+](=O)[O-]. The monoisotopic (exact) mass is 386 g/mol. The molecule has 0 aliphatic carbocycles. The van der Waals surface area contributed by atoms with Gasteiger partial charge in [-0.25, -0.2) is 4.98 Å². The zero-order valence-corrected chi connectivity index (χ0v) is 16.1. The zero-order valence-electron chi connectivity index (χ0n) is 15.3. The number of carbonyl (C=O) groups is 1. The molecule has 0 fully saturated rings. The molecule has 3 aromatic rings. The smallest absolute Gasteiger partial charge is 0.272 e. The lowest BCUT2D eigenvalue weighted by Gasteiger charge is -2.10. The van der Waals surface area contributed by atoms with Crippen LogP contribution in [0.2, 0.25) is 0 Å². The number of nitrogens with one attached hydrogen (secondary N) is 1. The van der Waals surface area contributed by atoms with E-state index in [1.54, 1.807) is 45.2 Å². The summed E-state index contributed by atoms with van der Waals surface area (Å²) < 4.78 is 5.12. The van der Waals surface area contributed by atoms with E-state index in [1.807, 2.05) is 0 Å². The Morgan fingerprint density at radius 2 is 2.07 bits per heavy atom. The summed E-state index contributed by atoms with van der Waals surface area (Å²) in [4.78, 5) is 27.6. The molecule has 0 aliphatic rings. The number of nitro groups is 1. The van der Waals surface area contributed by atoms with E-state index < -0.39 is 10.8 Å². The van der Waals surface area contributed by atoms with Crippen LogP contribution in [-0.2, 0) is 4.79 Å². The summed E-state index contributed by atoms with van der Waals surface area (Å²) in [5.41, 5.74) is 3.27. The predicted molar refractivity (Wildman–Crippen MR) is 102 cm³/mol. The van der Waals surface area contributed by atoms with E-state index in [2.05, 4.69) is 15.5 Å². The molecule has 1 unspecified atom stereocenters. The van der Waals surface area contributed by atoms with E-state index in [4.69, 9.17) is 4.52 Å². The number of amides is 1. The van der Waals surface area contributed by atoms with Crippen LogP contribution in [-0.4, -0.2) is 21.0 Å². The van der Waals surface area contributed by atoms with Crippen molar-refractivity contribution >= 4 is 28.1 Å². The molecular weight excluding hydrogens is 368 g/mol. The Bertz CT molecular complexity index is 1000. The Labute approximate surface area is 159 Å². The largest absolute Gasteiger partial charge is 0.361 e. The van der Waals surface area contributed by atoms with Crippen LogP contribution in [0.5, 0.6) is 0 Å². The lowest BCUT2D eigenvalue weighted by atomic mass is 9.99. The second-order valence-electron chi connectivity index (χ2n) is 6.25. The number of rotatable bonds is 5. The van der Waals surface area contributed by atoms with Crippen LogP contribution in [0.3, 0.4) is 0 Å². The van der Waals surface area contributed by atoms with Crippen molar-refractivity contribution in [2.45, 2.75) is 33.6 Å². The van der Waals surface area contributed by atoms with E-state index in [-0.39, 0.29) is 11.6 Å².